The first-order valence-electron chi connectivity index (χ1n) is 12.3. The Morgan fingerprint density at radius 1 is 1.05 bits per heavy atom. The van der Waals surface area contributed by atoms with E-state index in [1.807, 2.05) is 30.3 Å². The number of hydrogen-bond acceptors (Lipinski definition) is 8. The van der Waals surface area contributed by atoms with Crippen LogP contribution in [-0.4, -0.2) is 48.6 Å². The number of halogens is 1. The van der Waals surface area contributed by atoms with E-state index in [2.05, 4.69) is 17.1 Å². The lowest BCUT2D eigenvalue weighted by molar-refractivity contribution is -0.385. The molecule has 1 atom stereocenters. The number of hydrogen-bond donors (Lipinski definition) is 1. The topological polar surface area (TPSA) is 111 Å². The summed E-state index contributed by atoms with van der Waals surface area (Å²) in [6.45, 7) is 7.26. The van der Waals surface area contributed by atoms with E-state index in [1.165, 1.54) is 7.11 Å². The minimum Gasteiger partial charge on any atom is -0.466 e. The lowest BCUT2D eigenvalue weighted by Crippen LogP contribution is -2.34. The molecule has 2 aromatic rings. The number of allylic oxidation sites excluding steroid dienone is 2. The van der Waals surface area contributed by atoms with Crippen LogP contribution in [0.15, 0.2) is 71.1 Å². The van der Waals surface area contributed by atoms with Gasteiger partial charge >= 0.3 is 11.9 Å². The van der Waals surface area contributed by atoms with E-state index in [4.69, 9.17) is 9.47 Å². The van der Waals surface area contributed by atoms with Gasteiger partial charge in [-0.3, -0.25) is 15.0 Å². The summed E-state index contributed by atoms with van der Waals surface area (Å²) in [5.41, 5.74) is 1.23. The summed E-state index contributed by atoms with van der Waals surface area (Å²) < 4.78 is 25.6. The Labute approximate surface area is 221 Å². The predicted molar refractivity (Wildman–Crippen MR) is 139 cm³/mol. The first kappa shape index (κ1) is 28.5. The van der Waals surface area contributed by atoms with Crippen LogP contribution in [0.4, 0.5) is 10.1 Å². The molecule has 10 heteroatoms. The van der Waals surface area contributed by atoms with Gasteiger partial charge in [-0.15, -0.1) is 0 Å². The molecule has 0 aliphatic carbocycles. The maximum absolute atomic E-state index is 15.1. The van der Waals surface area contributed by atoms with Crippen LogP contribution in [0.3, 0.4) is 0 Å². The van der Waals surface area contributed by atoms with Crippen molar-refractivity contribution in [3.05, 3.63) is 98.1 Å². The molecule has 0 saturated carbocycles. The maximum atomic E-state index is 15.1. The number of esters is 2. The van der Waals surface area contributed by atoms with Crippen molar-refractivity contribution in [2.24, 2.45) is 0 Å². The SMILES string of the molecule is CCCN(CCOC(=O)C1=C(C)NC(C)=C(C(=O)OC)C1c1cc([N+](=O)[O-])ccc1F)Cc1ccccc1. The van der Waals surface area contributed by atoms with Crippen LogP contribution < -0.4 is 5.32 Å². The second-order valence-electron chi connectivity index (χ2n) is 8.99. The highest BCUT2D eigenvalue weighted by atomic mass is 19.1. The number of nitro groups is 1. The summed E-state index contributed by atoms with van der Waals surface area (Å²) in [4.78, 5) is 39.1. The molecule has 0 aromatic heterocycles. The molecule has 202 valence electrons. The Bertz CT molecular complexity index is 1260. The number of benzene rings is 2. The molecule has 0 spiro atoms. The molecule has 1 aliphatic rings. The van der Waals surface area contributed by atoms with Crippen molar-refractivity contribution in [3.8, 4) is 0 Å². The van der Waals surface area contributed by atoms with Gasteiger partial charge < -0.3 is 14.8 Å². The number of methoxy groups -OCH3 is 1. The Balaban J connectivity index is 1.90. The van der Waals surface area contributed by atoms with Gasteiger partial charge in [-0.25, -0.2) is 14.0 Å². The van der Waals surface area contributed by atoms with E-state index >= 15 is 4.39 Å². The molecule has 9 nitrogen and oxygen atoms in total. The minimum absolute atomic E-state index is 0.0134. The lowest BCUT2D eigenvalue weighted by Gasteiger charge is -2.30. The van der Waals surface area contributed by atoms with Gasteiger partial charge in [-0.2, -0.15) is 0 Å². The fourth-order valence-corrected chi connectivity index (χ4v) is 4.60. The van der Waals surface area contributed by atoms with Crippen molar-refractivity contribution in [2.75, 3.05) is 26.8 Å². The number of carbonyl (C=O) groups excluding carboxylic acids is 2. The van der Waals surface area contributed by atoms with Crippen LogP contribution >= 0.6 is 0 Å². The third kappa shape index (κ3) is 6.63. The Kier molecular flexibility index (Phi) is 9.72. The van der Waals surface area contributed by atoms with Gasteiger partial charge in [0.15, 0.2) is 0 Å². The van der Waals surface area contributed by atoms with Gasteiger partial charge in [0.2, 0.25) is 0 Å². The molecule has 1 aliphatic heterocycles. The zero-order chi connectivity index (χ0) is 27.8. The molecule has 0 radical (unpaired) electrons. The lowest BCUT2D eigenvalue weighted by atomic mass is 9.80. The van der Waals surface area contributed by atoms with Crippen molar-refractivity contribution in [1.29, 1.82) is 0 Å². The molecule has 0 fully saturated rings. The van der Waals surface area contributed by atoms with E-state index in [0.717, 1.165) is 36.7 Å². The number of nitro benzene ring substituents is 1. The standard InChI is InChI=1S/C28H32FN3O6/c1-5-13-31(17-20-9-7-6-8-10-20)14-15-38-28(34)25-19(3)30-18(2)24(27(33)37-4)26(25)22-16-21(32(35)36)11-12-23(22)29/h6-12,16,26,30H,5,13-15,17H2,1-4H3. The summed E-state index contributed by atoms with van der Waals surface area (Å²) in [5, 5.41) is 14.4. The van der Waals surface area contributed by atoms with E-state index in [9.17, 15) is 19.7 Å². The number of non-ortho nitro benzene ring substituents is 1. The van der Waals surface area contributed by atoms with E-state index in [-0.39, 0.29) is 29.0 Å². The maximum Gasteiger partial charge on any atom is 0.336 e. The van der Waals surface area contributed by atoms with Gasteiger partial charge in [-0.1, -0.05) is 37.3 Å². The van der Waals surface area contributed by atoms with Crippen molar-refractivity contribution in [1.82, 2.24) is 10.2 Å². The number of nitrogens with zero attached hydrogens (tertiary/aromatic N) is 2. The fraction of sp³-hybridized carbons (Fsp3) is 0.357. The summed E-state index contributed by atoms with van der Waals surface area (Å²) in [6, 6.07) is 12.9. The quantitative estimate of drug-likeness (QED) is 0.258. The molecule has 0 amide bonds. The highest BCUT2D eigenvalue weighted by molar-refractivity contribution is 5.99. The van der Waals surface area contributed by atoms with Gasteiger partial charge in [0.25, 0.3) is 5.69 Å². The van der Waals surface area contributed by atoms with Crippen molar-refractivity contribution < 1.29 is 28.4 Å². The van der Waals surface area contributed by atoms with Crippen LogP contribution in [-0.2, 0) is 25.6 Å². The Morgan fingerprint density at radius 3 is 2.32 bits per heavy atom. The number of rotatable bonds is 11. The number of ether oxygens (including phenoxy) is 2. The zero-order valence-corrected chi connectivity index (χ0v) is 22.0. The highest BCUT2D eigenvalue weighted by Gasteiger charge is 2.39. The molecule has 0 bridgehead atoms. The van der Waals surface area contributed by atoms with Crippen molar-refractivity contribution >= 4 is 17.6 Å². The largest absolute Gasteiger partial charge is 0.466 e. The molecule has 38 heavy (non-hydrogen) atoms. The van der Waals surface area contributed by atoms with E-state index < -0.39 is 28.6 Å². The van der Waals surface area contributed by atoms with Crippen molar-refractivity contribution in [3.63, 3.8) is 0 Å². The average Bonchev–Trinajstić information content (AvgIpc) is 2.88. The summed E-state index contributed by atoms with van der Waals surface area (Å²) >= 11 is 0. The molecular weight excluding hydrogens is 493 g/mol. The summed E-state index contributed by atoms with van der Waals surface area (Å²) in [5.74, 6) is -3.60. The second-order valence-corrected chi connectivity index (χ2v) is 8.99. The summed E-state index contributed by atoms with van der Waals surface area (Å²) in [7, 11) is 1.17. The molecule has 0 saturated heterocycles. The number of nitrogens with one attached hydrogen (secondary N) is 1. The van der Waals surface area contributed by atoms with Gasteiger partial charge in [0.1, 0.15) is 12.4 Å². The Hall–Kier alpha value is -4.05. The highest BCUT2D eigenvalue weighted by Crippen LogP contribution is 2.41. The third-order valence-electron chi connectivity index (χ3n) is 6.32. The van der Waals surface area contributed by atoms with Crippen LogP contribution in [0.1, 0.15) is 44.2 Å². The third-order valence-corrected chi connectivity index (χ3v) is 6.32. The second kappa shape index (κ2) is 13.0. The smallest absolute Gasteiger partial charge is 0.336 e. The first-order chi connectivity index (χ1) is 18.2. The molecule has 3 rings (SSSR count). The van der Waals surface area contributed by atoms with Gasteiger partial charge in [0.05, 0.1) is 29.1 Å². The predicted octanol–water partition coefficient (Wildman–Crippen LogP) is 4.60. The minimum atomic E-state index is -1.26. The number of carbonyl (C=O) groups is 2. The van der Waals surface area contributed by atoms with E-state index in [0.29, 0.717) is 24.5 Å². The molecule has 1 N–H and O–H groups in total. The Morgan fingerprint density at radius 2 is 1.71 bits per heavy atom. The summed E-state index contributed by atoms with van der Waals surface area (Å²) in [6.07, 6.45) is 0.912. The molecule has 2 aromatic carbocycles. The van der Waals surface area contributed by atoms with Gasteiger partial charge in [-0.05, 0) is 38.4 Å². The molecule has 1 unspecified atom stereocenters. The average molecular weight is 526 g/mol. The monoisotopic (exact) mass is 525 g/mol. The zero-order valence-electron chi connectivity index (χ0n) is 22.0. The van der Waals surface area contributed by atoms with Gasteiger partial charge in [0, 0.05) is 42.2 Å². The van der Waals surface area contributed by atoms with Crippen LogP contribution in [0.2, 0.25) is 0 Å². The van der Waals surface area contributed by atoms with Crippen LogP contribution in [0.25, 0.3) is 0 Å². The fourth-order valence-electron chi connectivity index (χ4n) is 4.60. The molecule has 1 heterocycles. The van der Waals surface area contributed by atoms with Crippen LogP contribution in [0.5, 0.6) is 0 Å². The van der Waals surface area contributed by atoms with Crippen molar-refractivity contribution in [2.45, 2.75) is 39.7 Å². The normalized spacial score (nSPS) is 15.4. The van der Waals surface area contributed by atoms with E-state index in [1.54, 1.807) is 13.8 Å². The molecular formula is C28H32FN3O6. The van der Waals surface area contributed by atoms with Crippen LogP contribution in [0, 0.1) is 15.9 Å². The number of dihydropyridines is 1. The first-order valence-corrected chi connectivity index (χ1v) is 12.3.